The highest BCUT2D eigenvalue weighted by Gasteiger charge is 2.14. The second-order valence-corrected chi connectivity index (χ2v) is 3.81. The van der Waals surface area contributed by atoms with Crippen LogP contribution in [0.3, 0.4) is 0 Å². The van der Waals surface area contributed by atoms with Crippen molar-refractivity contribution in [3.63, 3.8) is 0 Å². The number of carboxylic acid groups (broad SMARTS) is 1. The zero-order valence-electron chi connectivity index (χ0n) is 9.38. The Labute approximate surface area is 94.5 Å². The molecule has 1 rings (SSSR count). The standard InChI is InChI=1S/C12H16O4/c1-8(13)7-9(2)16-11-6-4-3-5-10(11)12(14)15/h3-6,8-9,13H,7H2,1-2H3,(H,14,15)/t8-,9+/m1/s1. The van der Waals surface area contributed by atoms with Crippen LogP contribution in [0.5, 0.6) is 5.75 Å². The predicted molar refractivity (Wildman–Crippen MR) is 59.8 cm³/mol. The molecule has 4 heteroatoms. The molecule has 0 saturated heterocycles. The fraction of sp³-hybridized carbons (Fsp3) is 0.417. The number of aliphatic hydroxyl groups excluding tert-OH is 1. The molecule has 88 valence electrons. The molecule has 1 aromatic carbocycles. The van der Waals surface area contributed by atoms with Crippen molar-refractivity contribution < 1.29 is 19.7 Å². The van der Waals surface area contributed by atoms with E-state index in [0.29, 0.717) is 12.2 Å². The van der Waals surface area contributed by atoms with Crippen LogP contribution < -0.4 is 4.74 Å². The maximum absolute atomic E-state index is 10.9. The topological polar surface area (TPSA) is 66.8 Å². The molecule has 0 aliphatic carbocycles. The summed E-state index contributed by atoms with van der Waals surface area (Å²) < 4.78 is 5.48. The molecule has 0 aliphatic rings. The summed E-state index contributed by atoms with van der Waals surface area (Å²) >= 11 is 0. The van der Waals surface area contributed by atoms with Crippen molar-refractivity contribution in [2.24, 2.45) is 0 Å². The van der Waals surface area contributed by atoms with Gasteiger partial charge in [-0.15, -0.1) is 0 Å². The van der Waals surface area contributed by atoms with Gasteiger partial charge in [0, 0.05) is 6.42 Å². The Morgan fingerprint density at radius 2 is 2.00 bits per heavy atom. The Bertz CT molecular complexity index is 360. The van der Waals surface area contributed by atoms with E-state index >= 15 is 0 Å². The number of carboxylic acids is 1. The third-order valence-corrected chi connectivity index (χ3v) is 2.12. The van der Waals surface area contributed by atoms with Gasteiger partial charge in [0.05, 0.1) is 12.2 Å². The highest BCUT2D eigenvalue weighted by molar-refractivity contribution is 5.90. The summed E-state index contributed by atoms with van der Waals surface area (Å²) in [5, 5.41) is 18.1. The lowest BCUT2D eigenvalue weighted by Crippen LogP contribution is -2.19. The van der Waals surface area contributed by atoms with Gasteiger partial charge >= 0.3 is 5.97 Å². The molecule has 0 bridgehead atoms. The van der Waals surface area contributed by atoms with E-state index in [1.807, 2.05) is 0 Å². The van der Waals surface area contributed by atoms with Crippen molar-refractivity contribution in [1.82, 2.24) is 0 Å². The second kappa shape index (κ2) is 5.51. The van der Waals surface area contributed by atoms with Crippen LogP contribution in [0.25, 0.3) is 0 Å². The van der Waals surface area contributed by atoms with Crippen molar-refractivity contribution in [1.29, 1.82) is 0 Å². The number of carbonyl (C=O) groups is 1. The zero-order valence-corrected chi connectivity index (χ0v) is 9.38. The quantitative estimate of drug-likeness (QED) is 0.801. The van der Waals surface area contributed by atoms with Gasteiger partial charge in [-0.25, -0.2) is 4.79 Å². The SMILES string of the molecule is C[C@@H](O)C[C@H](C)Oc1ccccc1C(=O)O. The number of rotatable bonds is 5. The van der Waals surface area contributed by atoms with Crippen molar-refractivity contribution in [3.05, 3.63) is 29.8 Å². The van der Waals surface area contributed by atoms with E-state index < -0.39 is 12.1 Å². The highest BCUT2D eigenvalue weighted by atomic mass is 16.5. The Balaban J connectivity index is 2.76. The first kappa shape index (κ1) is 12.5. The summed E-state index contributed by atoms with van der Waals surface area (Å²) in [5.41, 5.74) is 0.139. The summed E-state index contributed by atoms with van der Waals surface area (Å²) in [6.45, 7) is 3.47. The molecule has 0 saturated carbocycles. The first-order chi connectivity index (χ1) is 7.50. The highest BCUT2D eigenvalue weighted by Crippen LogP contribution is 2.20. The van der Waals surface area contributed by atoms with E-state index in [1.54, 1.807) is 32.0 Å². The minimum absolute atomic E-state index is 0.139. The van der Waals surface area contributed by atoms with E-state index in [4.69, 9.17) is 9.84 Å². The zero-order chi connectivity index (χ0) is 12.1. The lowest BCUT2D eigenvalue weighted by atomic mass is 10.1. The van der Waals surface area contributed by atoms with Crippen LogP contribution in [0.1, 0.15) is 30.6 Å². The maximum Gasteiger partial charge on any atom is 0.339 e. The van der Waals surface area contributed by atoms with E-state index in [1.165, 1.54) is 6.07 Å². The molecule has 0 aliphatic heterocycles. The van der Waals surface area contributed by atoms with Crippen LogP contribution >= 0.6 is 0 Å². The van der Waals surface area contributed by atoms with Crippen molar-refractivity contribution >= 4 is 5.97 Å². The minimum Gasteiger partial charge on any atom is -0.490 e. The number of aromatic carboxylic acids is 1. The molecule has 0 radical (unpaired) electrons. The summed E-state index contributed by atoms with van der Waals surface area (Å²) in [6.07, 6.45) is -0.221. The normalized spacial score (nSPS) is 14.2. The van der Waals surface area contributed by atoms with Crippen LogP contribution in [-0.4, -0.2) is 28.4 Å². The summed E-state index contributed by atoms with van der Waals surface area (Å²) in [5.74, 6) is -0.678. The van der Waals surface area contributed by atoms with Crippen LogP contribution in [0, 0.1) is 0 Å². The molecule has 16 heavy (non-hydrogen) atoms. The van der Waals surface area contributed by atoms with Gasteiger partial charge in [0.25, 0.3) is 0 Å². The van der Waals surface area contributed by atoms with Gasteiger partial charge in [-0.3, -0.25) is 0 Å². The molecule has 4 nitrogen and oxygen atoms in total. The fourth-order valence-electron chi connectivity index (χ4n) is 1.49. The Morgan fingerprint density at radius 1 is 1.38 bits per heavy atom. The van der Waals surface area contributed by atoms with Gasteiger partial charge in [0.15, 0.2) is 0 Å². The average molecular weight is 224 g/mol. The molecular weight excluding hydrogens is 208 g/mol. The van der Waals surface area contributed by atoms with Gasteiger partial charge in [0.2, 0.25) is 0 Å². The van der Waals surface area contributed by atoms with E-state index in [0.717, 1.165) is 0 Å². The number of benzene rings is 1. The van der Waals surface area contributed by atoms with Gasteiger partial charge in [-0.05, 0) is 26.0 Å². The van der Waals surface area contributed by atoms with Crippen molar-refractivity contribution in [3.8, 4) is 5.75 Å². The molecule has 2 atom stereocenters. The molecule has 2 N–H and O–H groups in total. The molecular formula is C12H16O4. The molecule has 0 unspecified atom stereocenters. The molecule has 0 spiro atoms. The number of para-hydroxylation sites is 1. The van der Waals surface area contributed by atoms with Gasteiger partial charge in [-0.2, -0.15) is 0 Å². The molecule has 0 aromatic heterocycles. The average Bonchev–Trinajstić information content (AvgIpc) is 2.16. The third kappa shape index (κ3) is 3.55. The van der Waals surface area contributed by atoms with E-state index in [2.05, 4.69) is 0 Å². The van der Waals surface area contributed by atoms with Crippen LogP contribution in [0.15, 0.2) is 24.3 Å². The van der Waals surface area contributed by atoms with Gasteiger partial charge < -0.3 is 14.9 Å². The minimum atomic E-state index is -1.01. The number of aliphatic hydroxyl groups is 1. The van der Waals surface area contributed by atoms with E-state index in [-0.39, 0.29) is 11.7 Å². The summed E-state index contributed by atoms with van der Waals surface area (Å²) in [4.78, 5) is 10.9. The summed E-state index contributed by atoms with van der Waals surface area (Å²) in [6, 6.07) is 6.47. The van der Waals surface area contributed by atoms with Crippen molar-refractivity contribution in [2.45, 2.75) is 32.5 Å². The van der Waals surface area contributed by atoms with Crippen LogP contribution in [0.4, 0.5) is 0 Å². The van der Waals surface area contributed by atoms with Crippen molar-refractivity contribution in [2.75, 3.05) is 0 Å². The fourth-order valence-corrected chi connectivity index (χ4v) is 1.49. The number of ether oxygens (including phenoxy) is 1. The Morgan fingerprint density at radius 3 is 2.56 bits per heavy atom. The lowest BCUT2D eigenvalue weighted by Gasteiger charge is -2.17. The van der Waals surface area contributed by atoms with E-state index in [9.17, 15) is 9.90 Å². The lowest BCUT2D eigenvalue weighted by molar-refractivity contribution is 0.0686. The monoisotopic (exact) mass is 224 g/mol. The predicted octanol–water partition coefficient (Wildman–Crippen LogP) is 1.92. The Hall–Kier alpha value is -1.55. The molecule has 0 heterocycles. The molecule has 1 aromatic rings. The van der Waals surface area contributed by atoms with Crippen LogP contribution in [0.2, 0.25) is 0 Å². The Kier molecular flexibility index (Phi) is 4.31. The van der Waals surface area contributed by atoms with Crippen LogP contribution in [-0.2, 0) is 0 Å². The number of hydrogen-bond donors (Lipinski definition) is 2. The number of hydrogen-bond acceptors (Lipinski definition) is 3. The first-order valence-corrected chi connectivity index (χ1v) is 5.17. The second-order valence-electron chi connectivity index (χ2n) is 3.81. The smallest absolute Gasteiger partial charge is 0.339 e. The third-order valence-electron chi connectivity index (χ3n) is 2.12. The van der Waals surface area contributed by atoms with Gasteiger partial charge in [0.1, 0.15) is 11.3 Å². The molecule has 0 amide bonds. The van der Waals surface area contributed by atoms with Gasteiger partial charge in [-0.1, -0.05) is 12.1 Å². The first-order valence-electron chi connectivity index (χ1n) is 5.17. The molecule has 0 fully saturated rings. The maximum atomic E-state index is 10.9. The summed E-state index contributed by atoms with van der Waals surface area (Å²) in [7, 11) is 0. The largest absolute Gasteiger partial charge is 0.490 e.